The van der Waals surface area contributed by atoms with Crippen LogP contribution in [0.25, 0.3) is 0 Å². The fraction of sp³-hybridized carbons (Fsp3) is 0.450. The van der Waals surface area contributed by atoms with E-state index in [2.05, 4.69) is 15.3 Å². The Kier molecular flexibility index (Phi) is 6.84. The van der Waals surface area contributed by atoms with Crippen LogP contribution in [0, 0.1) is 0 Å². The van der Waals surface area contributed by atoms with Crippen LogP contribution >= 0.6 is 0 Å². The average Bonchev–Trinajstić information content (AvgIpc) is 3.01. The lowest BCUT2D eigenvalue weighted by molar-refractivity contribution is 0.0755. The number of hydrogen-bond acceptors (Lipinski definition) is 6. The third kappa shape index (κ3) is 5.57. The number of nitrogens with one attached hydrogen (secondary N) is 1. The molecule has 2 heterocycles. The van der Waals surface area contributed by atoms with Crippen molar-refractivity contribution in [2.75, 3.05) is 38.7 Å². The summed E-state index contributed by atoms with van der Waals surface area (Å²) in [5.41, 5.74) is 0.436. The fourth-order valence-electron chi connectivity index (χ4n) is 3.00. The maximum absolute atomic E-state index is 12.6. The standard InChI is InChI=1S/C20H26N4O3/c1-26-16-6-8-17(9-7-16)27-15-12-22-20-21-11-10-18(23-20)19(25)24-13-4-2-3-5-14-24/h6-11H,2-5,12-15H2,1H3,(H,21,22,23). The molecule has 1 N–H and O–H groups in total. The van der Waals surface area contributed by atoms with Gasteiger partial charge in [0, 0.05) is 19.3 Å². The molecule has 1 aliphatic heterocycles. The number of aromatic nitrogens is 2. The number of anilines is 1. The van der Waals surface area contributed by atoms with Crippen molar-refractivity contribution in [3.63, 3.8) is 0 Å². The predicted octanol–water partition coefficient (Wildman–Crippen LogP) is 2.99. The second-order valence-corrected chi connectivity index (χ2v) is 6.42. The monoisotopic (exact) mass is 370 g/mol. The third-order valence-corrected chi connectivity index (χ3v) is 4.48. The molecule has 7 heteroatoms. The molecule has 0 radical (unpaired) electrons. The molecule has 0 bridgehead atoms. The summed E-state index contributed by atoms with van der Waals surface area (Å²) in [7, 11) is 1.63. The van der Waals surface area contributed by atoms with Crippen LogP contribution in [0.5, 0.6) is 11.5 Å². The van der Waals surface area contributed by atoms with Crippen molar-refractivity contribution in [3.8, 4) is 11.5 Å². The van der Waals surface area contributed by atoms with Gasteiger partial charge < -0.3 is 19.7 Å². The van der Waals surface area contributed by atoms with Crippen LogP contribution < -0.4 is 14.8 Å². The Hall–Kier alpha value is -2.83. The van der Waals surface area contributed by atoms with Crippen LogP contribution in [0.1, 0.15) is 36.2 Å². The van der Waals surface area contributed by atoms with Gasteiger partial charge in [-0.05, 0) is 43.2 Å². The van der Waals surface area contributed by atoms with Crippen LogP contribution in [0.15, 0.2) is 36.5 Å². The van der Waals surface area contributed by atoms with Gasteiger partial charge in [-0.2, -0.15) is 0 Å². The van der Waals surface area contributed by atoms with Gasteiger partial charge in [-0.3, -0.25) is 4.79 Å². The maximum Gasteiger partial charge on any atom is 0.272 e. The highest BCUT2D eigenvalue weighted by Crippen LogP contribution is 2.17. The molecule has 1 aliphatic rings. The number of hydrogen-bond donors (Lipinski definition) is 1. The molecule has 0 aliphatic carbocycles. The van der Waals surface area contributed by atoms with Gasteiger partial charge in [-0.1, -0.05) is 12.8 Å². The average molecular weight is 370 g/mol. The van der Waals surface area contributed by atoms with Gasteiger partial charge in [0.2, 0.25) is 5.95 Å². The lowest BCUT2D eigenvalue weighted by Gasteiger charge is -2.19. The zero-order valence-electron chi connectivity index (χ0n) is 15.7. The van der Waals surface area contributed by atoms with E-state index < -0.39 is 0 Å². The first-order valence-electron chi connectivity index (χ1n) is 9.39. The van der Waals surface area contributed by atoms with Crippen LogP contribution in [-0.2, 0) is 0 Å². The normalized spacial score (nSPS) is 14.3. The van der Waals surface area contributed by atoms with Crippen LogP contribution in [0.3, 0.4) is 0 Å². The van der Waals surface area contributed by atoms with Gasteiger partial charge in [0.15, 0.2) is 0 Å². The molecule has 1 amide bonds. The molecule has 2 aromatic rings. The Morgan fingerprint density at radius 1 is 1.07 bits per heavy atom. The smallest absolute Gasteiger partial charge is 0.272 e. The minimum Gasteiger partial charge on any atom is -0.497 e. The van der Waals surface area contributed by atoms with E-state index in [-0.39, 0.29) is 5.91 Å². The minimum atomic E-state index is -0.0168. The van der Waals surface area contributed by atoms with E-state index in [9.17, 15) is 4.79 Å². The second-order valence-electron chi connectivity index (χ2n) is 6.42. The van der Waals surface area contributed by atoms with Crippen LogP contribution in [0.2, 0.25) is 0 Å². The summed E-state index contributed by atoms with van der Waals surface area (Å²) in [4.78, 5) is 23.1. The third-order valence-electron chi connectivity index (χ3n) is 4.48. The first kappa shape index (κ1) is 18.9. The van der Waals surface area contributed by atoms with Crippen LogP contribution in [-0.4, -0.2) is 54.1 Å². The molecular formula is C20H26N4O3. The van der Waals surface area contributed by atoms with Gasteiger partial charge in [-0.15, -0.1) is 0 Å². The number of likely N-dealkylation sites (tertiary alicyclic amines) is 1. The van der Waals surface area contributed by atoms with Gasteiger partial charge >= 0.3 is 0 Å². The van der Waals surface area contributed by atoms with Gasteiger partial charge in [0.1, 0.15) is 23.8 Å². The summed E-state index contributed by atoms with van der Waals surface area (Å²) in [5.74, 6) is 1.98. The molecule has 0 saturated carbocycles. The zero-order chi connectivity index (χ0) is 18.9. The number of nitrogens with zero attached hydrogens (tertiary/aromatic N) is 3. The van der Waals surface area contributed by atoms with Gasteiger partial charge in [-0.25, -0.2) is 9.97 Å². The zero-order valence-corrected chi connectivity index (χ0v) is 15.7. The van der Waals surface area contributed by atoms with Crippen molar-refractivity contribution < 1.29 is 14.3 Å². The van der Waals surface area contributed by atoms with Crippen molar-refractivity contribution in [2.45, 2.75) is 25.7 Å². The highest BCUT2D eigenvalue weighted by atomic mass is 16.5. The van der Waals surface area contributed by atoms with Crippen LogP contribution in [0.4, 0.5) is 5.95 Å². The highest BCUT2D eigenvalue weighted by molar-refractivity contribution is 5.92. The summed E-state index contributed by atoms with van der Waals surface area (Å²) in [6.45, 7) is 2.61. The predicted molar refractivity (Wildman–Crippen MR) is 103 cm³/mol. The molecule has 0 unspecified atom stereocenters. The van der Waals surface area contributed by atoms with E-state index in [0.717, 1.165) is 37.4 Å². The molecule has 1 aromatic carbocycles. The van der Waals surface area contributed by atoms with Crippen molar-refractivity contribution >= 4 is 11.9 Å². The van der Waals surface area contributed by atoms with E-state index in [4.69, 9.17) is 9.47 Å². The molecule has 3 rings (SSSR count). The highest BCUT2D eigenvalue weighted by Gasteiger charge is 2.18. The SMILES string of the molecule is COc1ccc(OCCNc2nccc(C(=O)N3CCCCCC3)n2)cc1. The number of methoxy groups -OCH3 is 1. The molecule has 1 aromatic heterocycles. The number of benzene rings is 1. The Balaban J connectivity index is 1.48. The lowest BCUT2D eigenvalue weighted by atomic mass is 10.2. The summed E-state index contributed by atoms with van der Waals surface area (Å²) in [5, 5.41) is 3.11. The van der Waals surface area contributed by atoms with Crippen molar-refractivity contribution in [1.82, 2.24) is 14.9 Å². The Bertz CT molecular complexity index is 728. The molecule has 0 spiro atoms. The first-order valence-corrected chi connectivity index (χ1v) is 9.39. The second kappa shape index (κ2) is 9.75. The lowest BCUT2D eigenvalue weighted by Crippen LogP contribution is -2.32. The summed E-state index contributed by atoms with van der Waals surface area (Å²) >= 11 is 0. The van der Waals surface area contributed by atoms with E-state index in [1.54, 1.807) is 19.4 Å². The topological polar surface area (TPSA) is 76.6 Å². The quantitative estimate of drug-likeness (QED) is 0.755. The summed E-state index contributed by atoms with van der Waals surface area (Å²) in [6.07, 6.45) is 6.11. The Morgan fingerprint density at radius 2 is 1.78 bits per heavy atom. The summed E-state index contributed by atoms with van der Waals surface area (Å²) in [6, 6.07) is 9.09. The van der Waals surface area contributed by atoms with Gasteiger partial charge in [0.25, 0.3) is 5.91 Å². The van der Waals surface area contributed by atoms with Gasteiger partial charge in [0.05, 0.1) is 13.7 Å². The minimum absolute atomic E-state index is 0.0168. The Labute approximate surface area is 159 Å². The molecule has 27 heavy (non-hydrogen) atoms. The van der Waals surface area contributed by atoms with Crippen molar-refractivity contribution in [3.05, 3.63) is 42.2 Å². The molecular weight excluding hydrogens is 344 g/mol. The number of carbonyl (C=O) groups excluding carboxylic acids is 1. The number of rotatable bonds is 7. The van der Waals surface area contributed by atoms with Crippen molar-refractivity contribution in [1.29, 1.82) is 0 Å². The molecule has 0 atom stereocenters. The number of ether oxygens (including phenoxy) is 2. The number of amides is 1. The first-order chi connectivity index (χ1) is 13.3. The van der Waals surface area contributed by atoms with E-state index >= 15 is 0 Å². The van der Waals surface area contributed by atoms with E-state index in [0.29, 0.717) is 24.8 Å². The fourth-order valence-corrected chi connectivity index (χ4v) is 3.00. The van der Waals surface area contributed by atoms with Crippen molar-refractivity contribution in [2.24, 2.45) is 0 Å². The molecule has 144 valence electrons. The van der Waals surface area contributed by atoms with E-state index in [1.165, 1.54) is 12.8 Å². The molecule has 1 saturated heterocycles. The molecule has 7 nitrogen and oxygen atoms in total. The maximum atomic E-state index is 12.6. The molecule has 1 fully saturated rings. The van der Waals surface area contributed by atoms with E-state index in [1.807, 2.05) is 29.2 Å². The summed E-state index contributed by atoms with van der Waals surface area (Å²) < 4.78 is 10.8. The number of carbonyl (C=O) groups is 1. The Morgan fingerprint density at radius 3 is 2.48 bits per heavy atom. The largest absolute Gasteiger partial charge is 0.497 e.